The van der Waals surface area contributed by atoms with Crippen LogP contribution in [-0.2, 0) is 4.74 Å². The van der Waals surface area contributed by atoms with Crippen LogP contribution in [0.3, 0.4) is 0 Å². The summed E-state index contributed by atoms with van der Waals surface area (Å²) in [6, 6.07) is 6.14. The highest BCUT2D eigenvalue weighted by molar-refractivity contribution is 6.32. The third-order valence-electron chi connectivity index (χ3n) is 3.73. The van der Waals surface area contributed by atoms with E-state index in [2.05, 4.69) is 25.2 Å². The van der Waals surface area contributed by atoms with Crippen molar-refractivity contribution in [3.8, 4) is 5.75 Å². The summed E-state index contributed by atoms with van der Waals surface area (Å²) >= 11 is 6.22. The zero-order valence-electron chi connectivity index (χ0n) is 11.8. The molecule has 1 saturated heterocycles. The van der Waals surface area contributed by atoms with Crippen LogP contribution in [0.2, 0.25) is 5.02 Å². The molecule has 0 saturated carbocycles. The summed E-state index contributed by atoms with van der Waals surface area (Å²) in [5.74, 6) is 1.27. The SMILES string of the molecule is CCNC(c1ccc(OC)c(Cl)c1)C1OCCC1C. The molecule has 1 N–H and O–H groups in total. The van der Waals surface area contributed by atoms with Crippen LogP contribution in [0.15, 0.2) is 18.2 Å². The van der Waals surface area contributed by atoms with E-state index < -0.39 is 0 Å². The van der Waals surface area contributed by atoms with Crippen LogP contribution >= 0.6 is 11.6 Å². The number of ether oxygens (including phenoxy) is 2. The monoisotopic (exact) mass is 283 g/mol. The summed E-state index contributed by atoms with van der Waals surface area (Å²) in [6.07, 6.45) is 1.33. The van der Waals surface area contributed by atoms with Gasteiger partial charge in [0.05, 0.1) is 24.3 Å². The normalized spacial score (nSPS) is 24.4. The number of hydrogen-bond donors (Lipinski definition) is 1. The Labute approximate surface area is 120 Å². The maximum absolute atomic E-state index is 6.22. The molecule has 3 atom stereocenters. The molecule has 3 unspecified atom stereocenters. The third kappa shape index (κ3) is 3.22. The van der Waals surface area contributed by atoms with E-state index >= 15 is 0 Å². The van der Waals surface area contributed by atoms with Gasteiger partial charge in [-0.3, -0.25) is 0 Å². The standard InChI is InChI=1S/C15H22ClNO2/c1-4-17-14(15-10(2)7-8-19-15)11-5-6-13(18-3)12(16)9-11/h5-6,9-10,14-15,17H,4,7-8H2,1-3H3. The van der Waals surface area contributed by atoms with Crippen molar-refractivity contribution in [1.82, 2.24) is 5.32 Å². The molecule has 0 aliphatic carbocycles. The van der Waals surface area contributed by atoms with E-state index in [1.165, 1.54) is 0 Å². The Hall–Kier alpha value is -0.770. The van der Waals surface area contributed by atoms with E-state index in [9.17, 15) is 0 Å². The molecule has 19 heavy (non-hydrogen) atoms. The highest BCUT2D eigenvalue weighted by Gasteiger charge is 2.32. The predicted octanol–water partition coefficient (Wildman–Crippen LogP) is 3.42. The van der Waals surface area contributed by atoms with Crippen LogP contribution < -0.4 is 10.1 Å². The first-order chi connectivity index (χ1) is 9.17. The molecule has 1 fully saturated rings. The van der Waals surface area contributed by atoms with Gasteiger partial charge in [0.15, 0.2) is 0 Å². The van der Waals surface area contributed by atoms with Crippen molar-refractivity contribution in [1.29, 1.82) is 0 Å². The van der Waals surface area contributed by atoms with Crippen molar-refractivity contribution in [2.75, 3.05) is 20.3 Å². The Morgan fingerprint density at radius 3 is 2.84 bits per heavy atom. The number of benzene rings is 1. The Kier molecular flexibility index (Phi) is 5.08. The Morgan fingerprint density at radius 2 is 2.32 bits per heavy atom. The minimum Gasteiger partial charge on any atom is -0.495 e. The smallest absolute Gasteiger partial charge is 0.137 e. The molecule has 106 valence electrons. The lowest BCUT2D eigenvalue weighted by molar-refractivity contribution is 0.0612. The van der Waals surface area contributed by atoms with E-state index in [1.807, 2.05) is 12.1 Å². The second-order valence-corrected chi connectivity index (χ2v) is 5.44. The van der Waals surface area contributed by atoms with E-state index in [4.69, 9.17) is 21.1 Å². The van der Waals surface area contributed by atoms with E-state index in [0.29, 0.717) is 16.7 Å². The van der Waals surface area contributed by atoms with E-state index in [-0.39, 0.29) is 12.1 Å². The zero-order valence-corrected chi connectivity index (χ0v) is 12.5. The number of halogens is 1. The predicted molar refractivity (Wildman–Crippen MR) is 77.9 cm³/mol. The topological polar surface area (TPSA) is 30.5 Å². The van der Waals surface area contributed by atoms with E-state index in [0.717, 1.165) is 25.1 Å². The third-order valence-corrected chi connectivity index (χ3v) is 4.03. The van der Waals surface area contributed by atoms with Gasteiger partial charge in [-0.05, 0) is 36.6 Å². The lowest BCUT2D eigenvalue weighted by Crippen LogP contribution is -2.34. The fourth-order valence-electron chi connectivity index (χ4n) is 2.66. The quantitative estimate of drug-likeness (QED) is 0.898. The number of nitrogens with one attached hydrogen (secondary N) is 1. The Morgan fingerprint density at radius 1 is 1.53 bits per heavy atom. The van der Waals surface area contributed by atoms with Gasteiger partial charge >= 0.3 is 0 Å². The first kappa shape index (κ1) is 14.6. The molecule has 1 aliphatic heterocycles. The highest BCUT2D eigenvalue weighted by atomic mass is 35.5. The minimum absolute atomic E-state index is 0.186. The molecule has 3 nitrogen and oxygen atoms in total. The van der Waals surface area contributed by atoms with Gasteiger partial charge in [-0.1, -0.05) is 31.5 Å². The van der Waals surface area contributed by atoms with Crippen molar-refractivity contribution >= 4 is 11.6 Å². The second kappa shape index (κ2) is 6.60. The maximum atomic E-state index is 6.22. The van der Waals surface area contributed by atoms with Gasteiger partial charge in [-0.25, -0.2) is 0 Å². The average molecular weight is 284 g/mol. The molecule has 1 aromatic rings. The molecule has 2 rings (SSSR count). The van der Waals surface area contributed by atoms with Gasteiger partial charge in [0.25, 0.3) is 0 Å². The van der Waals surface area contributed by atoms with Gasteiger partial charge in [0.1, 0.15) is 5.75 Å². The summed E-state index contributed by atoms with van der Waals surface area (Å²) in [6.45, 7) is 6.10. The molecule has 4 heteroatoms. The van der Waals surface area contributed by atoms with Crippen molar-refractivity contribution in [2.45, 2.75) is 32.4 Å². The van der Waals surface area contributed by atoms with Crippen molar-refractivity contribution in [2.24, 2.45) is 5.92 Å². The molecule has 0 amide bonds. The number of methoxy groups -OCH3 is 1. The van der Waals surface area contributed by atoms with Gasteiger partial charge in [0, 0.05) is 6.61 Å². The Bertz CT molecular complexity index is 425. The fraction of sp³-hybridized carbons (Fsp3) is 0.600. The number of hydrogen-bond acceptors (Lipinski definition) is 3. The van der Waals surface area contributed by atoms with Crippen LogP contribution in [-0.4, -0.2) is 26.4 Å². The summed E-state index contributed by atoms with van der Waals surface area (Å²) in [4.78, 5) is 0. The van der Waals surface area contributed by atoms with Crippen molar-refractivity contribution in [3.05, 3.63) is 28.8 Å². The van der Waals surface area contributed by atoms with Gasteiger partial charge in [-0.15, -0.1) is 0 Å². The summed E-state index contributed by atoms with van der Waals surface area (Å²) < 4.78 is 11.1. The molecule has 0 aromatic heterocycles. The van der Waals surface area contributed by atoms with Crippen LogP contribution in [0.25, 0.3) is 0 Å². The maximum Gasteiger partial charge on any atom is 0.137 e. The van der Waals surface area contributed by atoms with Crippen molar-refractivity contribution in [3.63, 3.8) is 0 Å². The molecule has 0 bridgehead atoms. The first-order valence-corrected chi connectivity index (χ1v) is 7.23. The molecule has 1 aliphatic rings. The van der Waals surface area contributed by atoms with Crippen LogP contribution in [0.5, 0.6) is 5.75 Å². The molecule has 0 spiro atoms. The summed E-state index contributed by atoms with van der Waals surface area (Å²) in [5.41, 5.74) is 1.16. The van der Waals surface area contributed by atoms with Gasteiger partial charge < -0.3 is 14.8 Å². The van der Waals surface area contributed by atoms with E-state index in [1.54, 1.807) is 7.11 Å². The zero-order chi connectivity index (χ0) is 13.8. The highest BCUT2D eigenvalue weighted by Crippen LogP contribution is 2.34. The van der Waals surface area contributed by atoms with Crippen LogP contribution in [0.1, 0.15) is 31.9 Å². The fourth-order valence-corrected chi connectivity index (χ4v) is 2.93. The lowest BCUT2D eigenvalue weighted by Gasteiger charge is -2.27. The second-order valence-electron chi connectivity index (χ2n) is 5.03. The number of rotatable bonds is 5. The summed E-state index contributed by atoms with van der Waals surface area (Å²) in [7, 11) is 1.63. The van der Waals surface area contributed by atoms with Crippen LogP contribution in [0.4, 0.5) is 0 Å². The number of likely N-dealkylation sites (N-methyl/N-ethyl adjacent to an activating group) is 1. The van der Waals surface area contributed by atoms with Gasteiger partial charge in [0.2, 0.25) is 0 Å². The molecule has 1 heterocycles. The largest absolute Gasteiger partial charge is 0.495 e. The Balaban J connectivity index is 2.25. The van der Waals surface area contributed by atoms with Crippen LogP contribution in [0, 0.1) is 5.92 Å². The molecule has 0 radical (unpaired) electrons. The minimum atomic E-state index is 0.186. The first-order valence-electron chi connectivity index (χ1n) is 6.85. The average Bonchev–Trinajstić information content (AvgIpc) is 2.82. The molecular weight excluding hydrogens is 262 g/mol. The lowest BCUT2D eigenvalue weighted by atomic mass is 9.92. The molecular formula is C15H22ClNO2. The van der Waals surface area contributed by atoms with Crippen molar-refractivity contribution < 1.29 is 9.47 Å². The van der Waals surface area contributed by atoms with Gasteiger partial charge in [-0.2, -0.15) is 0 Å². The summed E-state index contributed by atoms with van der Waals surface area (Å²) in [5, 5.41) is 4.16. The molecule has 1 aromatic carbocycles.